The molecule has 2 rings (SSSR count). The van der Waals surface area contributed by atoms with Gasteiger partial charge in [0, 0.05) is 18.0 Å². The molecular weight excluding hydrogens is 234 g/mol. The van der Waals surface area contributed by atoms with Gasteiger partial charge < -0.3 is 5.32 Å². The highest BCUT2D eigenvalue weighted by molar-refractivity contribution is 6.27. The van der Waals surface area contributed by atoms with Crippen molar-refractivity contribution in [3.63, 3.8) is 0 Å². The minimum atomic E-state index is -0.149. The molecule has 3 heteroatoms. The number of hydrogen-bond acceptors (Lipinski definition) is 1. The zero-order chi connectivity index (χ0) is 12.1. The number of carbonyl (C=O) groups excluding carboxylic acids is 1. The van der Waals surface area contributed by atoms with E-state index in [9.17, 15) is 4.79 Å². The lowest BCUT2D eigenvalue weighted by atomic mass is 10.1. The minimum absolute atomic E-state index is 0.00491. The van der Waals surface area contributed by atoms with Crippen LogP contribution < -0.4 is 5.32 Å². The fourth-order valence-corrected chi connectivity index (χ4v) is 1.46. The molecule has 0 unspecified atom stereocenters. The quantitative estimate of drug-likeness (QED) is 0.645. The molecule has 0 aromatic heterocycles. The third-order valence-electron chi connectivity index (χ3n) is 2.56. The molecule has 0 atom stereocenters. The van der Waals surface area contributed by atoms with Gasteiger partial charge in [-0.1, -0.05) is 24.0 Å². The van der Waals surface area contributed by atoms with Gasteiger partial charge in [0.25, 0.3) is 0 Å². The first-order chi connectivity index (χ1) is 8.28. The number of nitrogens with one attached hydrogen (secondary N) is 1. The molecule has 0 aliphatic heterocycles. The molecule has 1 aliphatic rings. The van der Waals surface area contributed by atoms with Crippen LogP contribution in [0.25, 0.3) is 0 Å². The normalized spacial score (nSPS) is 13.7. The third-order valence-corrected chi connectivity index (χ3v) is 2.81. The summed E-state index contributed by atoms with van der Waals surface area (Å²) in [5, 5.41) is 2.72. The Kier molecular flexibility index (Phi) is 4.06. The van der Waals surface area contributed by atoms with E-state index < -0.39 is 0 Å². The standard InChI is InChI=1S/C14H14ClNO/c15-9-14(17)16-10-13-7-5-12(6-8-13)4-3-11-1-2-11/h5-8,11H,1-2,9-10H2,(H,16,17). The van der Waals surface area contributed by atoms with E-state index in [1.165, 1.54) is 12.8 Å². The first-order valence-corrected chi connectivity index (χ1v) is 6.24. The molecule has 0 radical (unpaired) electrons. The number of alkyl halides is 1. The van der Waals surface area contributed by atoms with E-state index in [-0.39, 0.29) is 11.8 Å². The van der Waals surface area contributed by atoms with Crippen molar-refractivity contribution >= 4 is 17.5 Å². The average Bonchev–Trinajstić information content (AvgIpc) is 3.18. The van der Waals surface area contributed by atoms with Gasteiger partial charge in [-0.05, 0) is 30.5 Å². The Hall–Kier alpha value is -1.46. The lowest BCUT2D eigenvalue weighted by Gasteiger charge is -2.02. The maximum Gasteiger partial charge on any atom is 0.235 e. The van der Waals surface area contributed by atoms with Crippen molar-refractivity contribution in [2.24, 2.45) is 5.92 Å². The SMILES string of the molecule is O=C(CCl)NCc1ccc(C#CC2CC2)cc1. The van der Waals surface area contributed by atoms with Gasteiger partial charge in [-0.2, -0.15) is 0 Å². The third kappa shape index (κ3) is 4.13. The summed E-state index contributed by atoms with van der Waals surface area (Å²) in [6, 6.07) is 7.92. The summed E-state index contributed by atoms with van der Waals surface area (Å²) in [4.78, 5) is 11.0. The van der Waals surface area contributed by atoms with Crippen molar-refractivity contribution < 1.29 is 4.79 Å². The van der Waals surface area contributed by atoms with Crippen molar-refractivity contribution in [1.82, 2.24) is 5.32 Å². The van der Waals surface area contributed by atoms with Crippen LogP contribution in [-0.2, 0) is 11.3 Å². The molecule has 17 heavy (non-hydrogen) atoms. The lowest BCUT2D eigenvalue weighted by Crippen LogP contribution is -2.23. The monoisotopic (exact) mass is 247 g/mol. The smallest absolute Gasteiger partial charge is 0.235 e. The molecule has 2 nitrogen and oxygen atoms in total. The first-order valence-electron chi connectivity index (χ1n) is 5.71. The number of amides is 1. The summed E-state index contributed by atoms with van der Waals surface area (Å²) < 4.78 is 0. The highest BCUT2D eigenvalue weighted by Crippen LogP contribution is 2.27. The molecule has 1 saturated carbocycles. The van der Waals surface area contributed by atoms with Gasteiger partial charge in [-0.25, -0.2) is 0 Å². The van der Waals surface area contributed by atoms with E-state index in [2.05, 4.69) is 17.2 Å². The minimum Gasteiger partial charge on any atom is -0.351 e. The van der Waals surface area contributed by atoms with Gasteiger partial charge in [0.05, 0.1) is 0 Å². The second kappa shape index (κ2) is 5.75. The molecule has 1 aliphatic carbocycles. The van der Waals surface area contributed by atoms with E-state index in [4.69, 9.17) is 11.6 Å². The summed E-state index contributed by atoms with van der Waals surface area (Å²) in [7, 11) is 0. The molecule has 88 valence electrons. The molecule has 1 aromatic carbocycles. The summed E-state index contributed by atoms with van der Waals surface area (Å²) in [5.74, 6) is 6.84. The molecule has 1 aromatic rings. The van der Waals surface area contributed by atoms with E-state index in [1.54, 1.807) is 0 Å². The Bertz CT molecular complexity index is 451. The van der Waals surface area contributed by atoms with Crippen molar-refractivity contribution in [2.45, 2.75) is 19.4 Å². The Morgan fingerprint density at radius 1 is 1.35 bits per heavy atom. The van der Waals surface area contributed by atoms with Crippen LogP contribution >= 0.6 is 11.6 Å². The van der Waals surface area contributed by atoms with Crippen LogP contribution in [0, 0.1) is 17.8 Å². The number of hydrogen-bond donors (Lipinski definition) is 1. The highest BCUT2D eigenvalue weighted by Gasteiger charge is 2.17. The predicted octanol–water partition coefficient (Wildman–Crippen LogP) is 2.30. The Labute approximate surface area is 106 Å². The van der Waals surface area contributed by atoms with Crippen LogP contribution in [-0.4, -0.2) is 11.8 Å². The summed E-state index contributed by atoms with van der Waals surface area (Å²) in [6.45, 7) is 0.516. The van der Waals surface area contributed by atoms with Crippen molar-refractivity contribution in [3.05, 3.63) is 35.4 Å². The largest absolute Gasteiger partial charge is 0.351 e. The molecule has 0 heterocycles. The van der Waals surface area contributed by atoms with Crippen LogP contribution in [0.3, 0.4) is 0 Å². The van der Waals surface area contributed by atoms with E-state index in [0.717, 1.165) is 11.1 Å². The van der Waals surface area contributed by atoms with Gasteiger partial charge in [-0.15, -0.1) is 11.6 Å². The Morgan fingerprint density at radius 3 is 2.65 bits per heavy atom. The van der Waals surface area contributed by atoms with Crippen LogP contribution in [0.4, 0.5) is 0 Å². The Morgan fingerprint density at radius 2 is 2.06 bits per heavy atom. The van der Waals surface area contributed by atoms with E-state index >= 15 is 0 Å². The van der Waals surface area contributed by atoms with Gasteiger partial charge in [0.15, 0.2) is 0 Å². The van der Waals surface area contributed by atoms with Crippen molar-refractivity contribution in [3.8, 4) is 11.8 Å². The average molecular weight is 248 g/mol. The topological polar surface area (TPSA) is 29.1 Å². The van der Waals surface area contributed by atoms with Crippen molar-refractivity contribution in [2.75, 3.05) is 5.88 Å². The van der Waals surface area contributed by atoms with Gasteiger partial charge >= 0.3 is 0 Å². The molecule has 1 fully saturated rings. The molecule has 1 N–H and O–H groups in total. The molecule has 0 saturated heterocycles. The fraction of sp³-hybridized carbons (Fsp3) is 0.357. The molecular formula is C14H14ClNO. The maximum absolute atomic E-state index is 11.0. The number of carbonyl (C=O) groups is 1. The molecule has 0 spiro atoms. The van der Waals surface area contributed by atoms with Gasteiger partial charge in [-0.3, -0.25) is 4.79 Å². The van der Waals surface area contributed by atoms with E-state index in [1.807, 2.05) is 24.3 Å². The number of halogens is 1. The van der Waals surface area contributed by atoms with Gasteiger partial charge in [0.1, 0.15) is 5.88 Å². The second-order valence-corrected chi connectivity index (χ2v) is 4.42. The van der Waals surface area contributed by atoms with Crippen LogP contribution in [0.1, 0.15) is 24.0 Å². The second-order valence-electron chi connectivity index (χ2n) is 4.15. The fourth-order valence-electron chi connectivity index (χ4n) is 1.37. The number of benzene rings is 1. The Balaban J connectivity index is 1.89. The van der Waals surface area contributed by atoms with E-state index in [0.29, 0.717) is 12.5 Å². The van der Waals surface area contributed by atoms with Gasteiger partial charge in [0.2, 0.25) is 5.91 Å². The maximum atomic E-state index is 11.0. The lowest BCUT2D eigenvalue weighted by molar-refractivity contribution is -0.118. The summed E-state index contributed by atoms with van der Waals surface area (Å²) in [6.07, 6.45) is 2.49. The number of rotatable bonds is 3. The summed E-state index contributed by atoms with van der Waals surface area (Å²) in [5.41, 5.74) is 2.09. The van der Waals surface area contributed by atoms with Crippen LogP contribution in [0.15, 0.2) is 24.3 Å². The van der Waals surface area contributed by atoms with Crippen molar-refractivity contribution in [1.29, 1.82) is 0 Å². The predicted molar refractivity (Wildman–Crippen MR) is 68.6 cm³/mol. The zero-order valence-corrected chi connectivity index (χ0v) is 10.3. The highest BCUT2D eigenvalue weighted by atomic mass is 35.5. The van der Waals surface area contributed by atoms with Crippen LogP contribution in [0.5, 0.6) is 0 Å². The first kappa shape index (κ1) is 12.0. The molecule has 1 amide bonds. The summed E-state index contributed by atoms with van der Waals surface area (Å²) >= 11 is 5.39. The zero-order valence-electron chi connectivity index (χ0n) is 9.50. The molecule has 0 bridgehead atoms. The van der Waals surface area contributed by atoms with Crippen LogP contribution in [0.2, 0.25) is 0 Å².